The van der Waals surface area contributed by atoms with Gasteiger partial charge in [0.05, 0.1) is 5.54 Å². The summed E-state index contributed by atoms with van der Waals surface area (Å²) in [5.41, 5.74) is 6.61. The Morgan fingerprint density at radius 3 is 2.79 bits per heavy atom. The molecular formula is C17H23ClFN3OS. The van der Waals surface area contributed by atoms with Gasteiger partial charge in [-0.05, 0) is 37.5 Å². The average molecular weight is 372 g/mol. The van der Waals surface area contributed by atoms with Crippen LogP contribution in [0.25, 0.3) is 0 Å². The van der Waals surface area contributed by atoms with Crippen molar-refractivity contribution < 1.29 is 9.18 Å². The van der Waals surface area contributed by atoms with Crippen LogP contribution in [0.3, 0.4) is 0 Å². The van der Waals surface area contributed by atoms with Crippen LogP contribution in [-0.4, -0.2) is 16.4 Å². The summed E-state index contributed by atoms with van der Waals surface area (Å²) in [5, 5.41) is 3.28. The number of hydrogen-bond donors (Lipinski definition) is 2. The van der Waals surface area contributed by atoms with Crippen molar-refractivity contribution in [2.75, 3.05) is 5.32 Å². The number of rotatable bonds is 6. The number of carbonyl (C=O) groups is 1. The summed E-state index contributed by atoms with van der Waals surface area (Å²) in [5.74, 6) is -0.444. The highest BCUT2D eigenvalue weighted by Gasteiger charge is 2.27. The first kappa shape index (κ1) is 20.5. The molecule has 0 spiro atoms. The van der Waals surface area contributed by atoms with Crippen molar-refractivity contribution in [1.82, 2.24) is 4.98 Å². The van der Waals surface area contributed by atoms with E-state index in [0.29, 0.717) is 23.5 Å². The van der Waals surface area contributed by atoms with Gasteiger partial charge in [0.15, 0.2) is 5.13 Å². The van der Waals surface area contributed by atoms with E-state index in [-0.39, 0.29) is 24.1 Å². The molecule has 0 aliphatic carbocycles. The third-order valence-electron chi connectivity index (χ3n) is 3.68. The van der Waals surface area contributed by atoms with E-state index in [2.05, 4.69) is 10.3 Å². The van der Waals surface area contributed by atoms with E-state index in [1.807, 2.05) is 13.0 Å². The first-order valence-corrected chi connectivity index (χ1v) is 8.43. The van der Waals surface area contributed by atoms with Gasteiger partial charge >= 0.3 is 0 Å². The Kier molecular flexibility index (Phi) is 7.32. The fourth-order valence-corrected chi connectivity index (χ4v) is 3.11. The number of nitrogens with zero attached hydrogens (tertiary/aromatic N) is 1. The Bertz CT molecular complexity index is 703. The Morgan fingerprint density at radius 2 is 2.17 bits per heavy atom. The first-order valence-electron chi connectivity index (χ1n) is 7.62. The van der Waals surface area contributed by atoms with Crippen LogP contribution in [0.2, 0.25) is 0 Å². The standard InChI is InChI=1S/C17H22FN3OS.ClH/c1-4-7-17(3,19)15(22)21-16-20-10-13(23-16)8-12-6-5-11(2)14(18)9-12;/h5-6,9-10H,4,7-8,19H2,1-3H3,(H,20,21,22);1H. The Balaban J connectivity index is 0.00000288. The van der Waals surface area contributed by atoms with Gasteiger partial charge in [0, 0.05) is 17.5 Å². The maximum absolute atomic E-state index is 13.6. The summed E-state index contributed by atoms with van der Waals surface area (Å²) in [4.78, 5) is 17.3. The van der Waals surface area contributed by atoms with Gasteiger partial charge in [-0.2, -0.15) is 0 Å². The van der Waals surface area contributed by atoms with Crippen molar-refractivity contribution in [3.8, 4) is 0 Å². The van der Waals surface area contributed by atoms with E-state index in [9.17, 15) is 9.18 Å². The van der Waals surface area contributed by atoms with Gasteiger partial charge in [0.2, 0.25) is 5.91 Å². The lowest BCUT2D eigenvalue weighted by molar-refractivity contribution is -0.120. The van der Waals surface area contributed by atoms with Crippen LogP contribution in [0.5, 0.6) is 0 Å². The number of hydrogen-bond acceptors (Lipinski definition) is 4. The van der Waals surface area contributed by atoms with Gasteiger partial charge in [0.25, 0.3) is 0 Å². The van der Waals surface area contributed by atoms with Crippen molar-refractivity contribution >= 4 is 34.8 Å². The normalized spacial score (nSPS) is 13.0. The zero-order valence-corrected chi connectivity index (χ0v) is 15.7. The van der Waals surface area contributed by atoms with E-state index in [4.69, 9.17) is 5.73 Å². The van der Waals surface area contributed by atoms with Crippen LogP contribution in [0.1, 0.15) is 42.7 Å². The number of nitrogens with two attached hydrogens (primary N) is 1. The minimum atomic E-state index is -0.902. The molecule has 0 aliphatic rings. The van der Waals surface area contributed by atoms with Crippen LogP contribution in [-0.2, 0) is 11.2 Å². The molecule has 132 valence electrons. The average Bonchev–Trinajstić information content (AvgIpc) is 2.90. The molecule has 2 rings (SSSR count). The number of aromatic nitrogens is 1. The zero-order valence-electron chi connectivity index (χ0n) is 14.1. The van der Waals surface area contributed by atoms with Crippen LogP contribution in [0, 0.1) is 12.7 Å². The summed E-state index contributed by atoms with van der Waals surface area (Å²) < 4.78 is 13.6. The molecule has 0 saturated carbocycles. The van der Waals surface area contributed by atoms with E-state index >= 15 is 0 Å². The van der Waals surface area contributed by atoms with Crippen LogP contribution in [0.15, 0.2) is 24.4 Å². The number of amides is 1. The molecule has 3 N–H and O–H groups in total. The van der Waals surface area contributed by atoms with Crippen molar-refractivity contribution in [2.24, 2.45) is 5.73 Å². The molecule has 1 amide bonds. The molecular weight excluding hydrogens is 349 g/mol. The van der Waals surface area contributed by atoms with Gasteiger partial charge in [-0.3, -0.25) is 4.79 Å². The first-order chi connectivity index (χ1) is 10.8. The van der Waals surface area contributed by atoms with Gasteiger partial charge < -0.3 is 11.1 Å². The monoisotopic (exact) mass is 371 g/mol. The second-order valence-corrected chi connectivity index (χ2v) is 7.13. The summed E-state index contributed by atoms with van der Waals surface area (Å²) in [6.45, 7) is 5.44. The van der Waals surface area contributed by atoms with Crippen molar-refractivity contribution in [1.29, 1.82) is 0 Å². The number of carbonyl (C=O) groups excluding carboxylic acids is 1. The molecule has 2 aromatic rings. The van der Waals surface area contributed by atoms with Gasteiger partial charge in [-0.25, -0.2) is 9.37 Å². The van der Waals surface area contributed by atoms with E-state index in [1.165, 1.54) is 17.4 Å². The van der Waals surface area contributed by atoms with Crippen molar-refractivity contribution in [3.63, 3.8) is 0 Å². The van der Waals surface area contributed by atoms with E-state index in [0.717, 1.165) is 16.9 Å². The fourth-order valence-electron chi connectivity index (χ4n) is 2.27. The maximum atomic E-state index is 13.6. The predicted molar refractivity (Wildman–Crippen MR) is 99.4 cm³/mol. The van der Waals surface area contributed by atoms with Crippen molar-refractivity contribution in [3.05, 3.63) is 46.2 Å². The minimum Gasteiger partial charge on any atom is -0.318 e. The highest BCUT2D eigenvalue weighted by molar-refractivity contribution is 7.15. The molecule has 1 heterocycles. The molecule has 0 saturated heterocycles. The summed E-state index contributed by atoms with van der Waals surface area (Å²) in [7, 11) is 0. The Labute approximate surface area is 152 Å². The van der Waals surface area contributed by atoms with E-state index < -0.39 is 5.54 Å². The third-order valence-corrected chi connectivity index (χ3v) is 4.59. The molecule has 4 nitrogen and oxygen atoms in total. The second-order valence-electron chi connectivity index (χ2n) is 6.01. The largest absolute Gasteiger partial charge is 0.318 e. The lowest BCUT2D eigenvalue weighted by Gasteiger charge is -2.21. The van der Waals surface area contributed by atoms with Crippen LogP contribution < -0.4 is 11.1 Å². The number of aryl methyl sites for hydroxylation is 1. The molecule has 0 aliphatic heterocycles. The molecule has 0 bridgehead atoms. The number of thiazole rings is 1. The highest BCUT2D eigenvalue weighted by atomic mass is 35.5. The number of nitrogens with one attached hydrogen (secondary N) is 1. The zero-order chi connectivity index (χ0) is 17.0. The van der Waals surface area contributed by atoms with Crippen molar-refractivity contribution in [2.45, 2.75) is 45.6 Å². The van der Waals surface area contributed by atoms with Crippen LogP contribution >= 0.6 is 23.7 Å². The maximum Gasteiger partial charge on any atom is 0.245 e. The number of benzene rings is 1. The minimum absolute atomic E-state index is 0. The molecule has 1 aromatic heterocycles. The van der Waals surface area contributed by atoms with E-state index in [1.54, 1.807) is 26.1 Å². The Hall–Kier alpha value is -1.50. The quantitative estimate of drug-likeness (QED) is 0.804. The van der Waals surface area contributed by atoms with Gasteiger partial charge in [-0.1, -0.05) is 25.5 Å². The predicted octanol–water partition coefficient (Wildman–Crippen LogP) is 4.06. The van der Waals surface area contributed by atoms with Gasteiger partial charge in [-0.15, -0.1) is 23.7 Å². The Morgan fingerprint density at radius 1 is 1.46 bits per heavy atom. The SMILES string of the molecule is CCCC(C)(N)C(=O)Nc1ncc(Cc2ccc(C)c(F)c2)s1.Cl. The third kappa shape index (κ3) is 5.26. The number of halogens is 2. The summed E-state index contributed by atoms with van der Waals surface area (Å²) >= 11 is 1.38. The summed E-state index contributed by atoms with van der Waals surface area (Å²) in [6.07, 6.45) is 3.73. The highest BCUT2D eigenvalue weighted by Crippen LogP contribution is 2.23. The molecule has 0 radical (unpaired) electrons. The topological polar surface area (TPSA) is 68.0 Å². The fraction of sp³-hybridized carbons (Fsp3) is 0.412. The molecule has 1 unspecified atom stereocenters. The second kappa shape index (κ2) is 8.55. The smallest absolute Gasteiger partial charge is 0.245 e. The van der Waals surface area contributed by atoms with Crippen LogP contribution in [0.4, 0.5) is 9.52 Å². The number of anilines is 1. The molecule has 7 heteroatoms. The molecule has 0 fully saturated rings. The lowest BCUT2D eigenvalue weighted by atomic mass is 9.97. The summed E-state index contributed by atoms with van der Waals surface area (Å²) in [6, 6.07) is 5.19. The molecule has 1 atom stereocenters. The molecule has 1 aromatic carbocycles. The van der Waals surface area contributed by atoms with Gasteiger partial charge in [0.1, 0.15) is 5.82 Å². The lowest BCUT2D eigenvalue weighted by Crippen LogP contribution is -2.48. The molecule has 24 heavy (non-hydrogen) atoms.